The van der Waals surface area contributed by atoms with Crippen LogP contribution in [-0.2, 0) is 6.54 Å². The summed E-state index contributed by atoms with van der Waals surface area (Å²) in [5.41, 5.74) is 0. The largest absolute Gasteiger partial charge is 0.480 e. The van der Waals surface area contributed by atoms with Gasteiger partial charge in [0, 0.05) is 44.3 Å². The van der Waals surface area contributed by atoms with Crippen molar-refractivity contribution < 1.29 is 4.74 Å². The van der Waals surface area contributed by atoms with Crippen LogP contribution in [0.3, 0.4) is 0 Å². The van der Waals surface area contributed by atoms with E-state index in [9.17, 15) is 0 Å². The number of rotatable bonds is 4. The van der Waals surface area contributed by atoms with Crippen molar-refractivity contribution in [3.63, 3.8) is 0 Å². The molecule has 0 unspecified atom stereocenters. The van der Waals surface area contributed by atoms with E-state index in [0.717, 1.165) is 48.2 Å². The predicted molar refractivity (Wildman–Crippen MR) is 123 cm³/mol. The maximum Gasteiger partial charge on any atom is 0.232 e. The van der Waals surface area contributed by atoms with Gasteiger partial charge in [-0.3, -0.25) is 4.99 Å². The monoisotopic (exact) mass is 567 g/mol. The van der Waals surface area contributed by atoms with E-state index in [1.165, 1.54) is 4.88 Å². The number of thiazole rings is 1. The number of nitrogens with zero attached hydrogens (tertiary/aromatic N) is 6. The molecule has 11 heteroatoms. The third kappa shape index (κ3) is 5.64. The lowest BCUT2D eigenvalue weighted by Crippen LogP contribution is -2.52. The summed E-state index contributed by atoms with van der Waals surface area (Å²) < 4.78 is 6.02. The van der Waals surface area contributed by atoms with E-state index in [2.05, 4.69) is 51.0 Å². The van der Waals surface area contributed by atoms with Gasteiger partial charge in [-0.2, -0.15) is 4.98 Å². The van der Waals surface area contributed by atoms with Gasteiger partial charge < -0.3 is 19.9 Å². The van der Waals surface area contributed by atoms with Crippen molar-refractivity contribution in [2.24, 2.45) is 4.99 Å². The average molecular weight is 568 g/mol. The van der Waals surface area contributed by atoms with Gasteiger partial charge in [-0.05, 0) is 22.9 Å². The molecule has 1 N–H and O–H groups in total. The molecule has 1 aliphatic rings. The van der Waals surface area contributed by atoms with Crippen molar-refractivity contribution in [2.75, 3.05) is 45.2 Å². The van der Waals surface area contributed by atoms with E-state index in [1.807, 2.05) is 20.2 Å². The van der Waals surface area contributed by atoms with Crippen LogP contribution in [0.2, 0.25) is 0 Å². The summed E-state index contributed by atoms with van der Waals surface area (Å²) in [6, 6.07) is 0. The third-order valence-corrected chi connectivity index (χ3v) is 5.51. The molecule has 1 saturated heterocycles. The van der Waals surface area contributed by atoms with Crippen LogP contribution in [0.25, 0.3) is 0 Å². The molecule has 0 aliphatic carbocycles. The van der Waals surface area contributed by atoms with Gasteiger partial charge in [0.25, 0.3) is 0 Å². The maximum atomic E-state index is 5.26. The number of aliphatic imine (C=N–C) groups is 1. The minimum absolute atomic E-state index is 0. The quantitative estimate of drug-likeness (QED) is 0.345. The summed E-state index contributed by atoms with van der Waals surface area (Å²) in [7, 11) is 3.42. The predicted octanol–water partition coefficient (Wildman–Crippen LogP) is 2.53. The van der Waals surface area contributed by atoms with E-state index in [1.54, 1.807) is 24.6 Å². The molecule has 3 rings (SSSR count). The fourth-order valence-corrected chi connectivity index (χ4v) is 3.83. The second-order valence-corrected chi connectivity index (χ2v) is 7.92. The van der Waals surface area contributed by atoms with Crippen molar-refractivity contribution in [2.45, 2.75) is 13.5 Å². The van der Waals surface area contributed by atoms with Crippen LogP contribution in [-0.4, -0.2) is 66.1 Å². The number of hydrogen-bond acceptors (Lipinski definition) is 7. The number of halogens is 2. The first-order chi connectivity index (χ1) is 12.6. The molecular weight excluding hydrogens is 545 g/mol. The molecule has 0 aromatic carbocycles. The Balaban J connectivity index is 0.00000261. The van der Waals surface area contributed by atoms with Gasteiger partial charge in [-0.25, -0.2) is 9.97 Å². The van der Waals surface area contributed by atoms with Crippen molar-refractivity contribution in [3.8, 4) is 5.88 Å². The molecule has 1 aliphatic heterocycles. The number of ether oxygens (including phenoxy) is 1. The highest BCUT2D eigenvalue weighted by atomic mass is 127. The highest BCUT2D eigenvalue weighted by Gasteiger charge is 2.22. The van der Waals surface area contributed by atoms with Gasteiger partial charge >= 0.3 is 0 Å². The molecule has 1 fully saturated rings. The first-order valence-electron chi connectivity index (χ1n) is 8.29. The van der Waals surface area contributed by atoms with Crippen molar-refractivity contribution >= 4 is 63.2 Å². The minimum Gasteiger partial charge on any atom is -0.480 e. The molecule has 0 amide bonds. The number of piperazine rings is 1. The Hall–Kier alpha value is -1.21. The number of aromatic nitrogens is 3. The first kappa shape index (κ1) is 22.1. The summed E-state index contributed by atoms with van der Waals surface area (Å²) in [5.74, 6) is 2.15. The van der Waals surface area contributed by atoms with Gasteiger partial charge in [0.2, 0.25) is 11.8 Å². The number of guanidine groups is 1. The molecule has 2 aromatic rings. The Labute approximate surface area is 188 Å². The molecule has 0 bridgehead atoms. The molecule has 27 heavy (non-hydrogen) atoms. The van der Waals surface area contributed by atoms with Gasteiger partial charge in [-0.15, -0.1) is 35.3 Å². The molecule has 2 aromatic heterocycles. The lowest BCUT2D eigenvalue weighted by molar-refractivity contribution is 0.366. The van der Waals surface area contributed by atoms with Crippen LogP contribution >= 0.6 is 51.2 Å². The zero-order valence-electron chi connectivity index (χ0n) is 15.5. The Morgan fingerprint density at radius 1 is 1.30 bits per heavy atom. The summed E-state index contributed by atoms with van der Waals surface area (Å²) in [4.78, 5) is 23.2. The number of anilines is 1. The summed E-state index contributed by atoms with van der Waals surface area (Å²) in [5, 5.41) is 4.50. The van der Waals surface area contributed by atoms with Crippen LogP contribution in [0, 0.1) is 6.92 Å². The second-order valence-electron chi connectivity index (χ2n) is 5.75. The van der Waals surface area contributed by atoms with Gasteiger partial charge in [-0.1, -0.05) is 0 Å². The van der Waals surface area contributed by atoms with Crippen LogP contribution in [0.5, 0.6) is 5.88 Å². The number of aryl methyl sites for hydroxylation is 1. The topological polar surface area (TPSA) is 78.8 Å². The number of hydrogen-bond donors (Lipinski definition) is 1. The fraction of sp³-hybridized carbons (Fsp3) is 0.500. The minimum atomic E-state index is 0. The van der Waals surface area contributed by atoms with E-state index < -0.39 is 0 Å². The molecule has 8 nitrogen and oxygen atoms in total. The summed E-state index contributed by atoms with van der Waals surface area (Å²) in [6.45, 7) is 6.11. The van der Waals surface area contributed by atoms with E-state index in [-0.39, 0.29) is 24.0 Å². The van der Waals surface area contributed by atoms with Crippen LogP contribution < -0.4 is 15.0 Å². The molecule has 0 radical (unpaired) electrons. The fourth-order valence-electron chi connectivity index (χ4n) is 2.74. The van der Waals surface area contributed by atoms with E-state index in [4.69, 9.17) is 4.74 Å². The third-order valence-electron chi connectivity index (χ3n) is 4.06. The molecular formula is C16H23BrIN7OS. The SMILES string of the molecule is CN=C(NCc1cnc(C)s1)N1CCN(c2ncc(Br)c(OC)n2)CC1.I. The molecule has 148 valence electrons. The Morgan fingerprint density at radius 2 is 2.04 bits per heavy atom. The molecule has 0 spiro atoms. The Bertz CT molecular complexity index is 780. The summed E-state index contributed by atoms with van der Waals surface area (Å²) in [6.07, 6.45) is 3.64. The summed E-state index contributed by atoms with van der Waals surface area (Å²) >= 11 is 5.09. The van der Waals surface area contributed by atoms with Gasteiger partial charge in [0.05, 0.1) is 29.3 Å². The van der Waals surface area contributed by atoms with E-state index >= 15 is 0 Å². The van der Waals surface area contributed by atoms with Crippen molar-refractivity contribution in [1.29, 1.82) is 0 Å². The smallest absolute Gasteiger partial charge is 0.232 e. The highest BCUT2D eigenvalue weighted by molar-refractivity contribution is 14.0. The van der Waals surface area contributed by atoms with Gasteiger partial charge in [0.15, 0.2) is 5.96 Å². The molecule has 3 heterocycles. The number of methoxy groups -OCH3 is 1. The number of nitrogens with one attached hydrogen (secondary N) is 1. The standard InChI is InChI=1S/C16H22BrN7OS.HI/c1-11-19-8-12(26-11)9-20-15(18-2)23-4-6-24(7-5-23)16-21-10-13(17)14(22-16)25-3;/h8,10H,4-7,9H2,1-3H3,(H,18,20);1H. The zero-order chi connectivity index (χ0) is 18.5. The molecule has 0 atom stereocenters. The second kappa shape index (κ2) is 10.4. The average Bonchev–Trinajstić information content (AvgIpc) is 3.08. The van der Waals surface area contributed by atoms with Gasteiger partial charge in [0.1, 0.15) is 0 Å². The lowest BCUT2D eigenvalue weighted by atomic mass is 10.3. The van der Waals surface area contributed by atoms with Crippen molar-refractivity contribution in [3.05, 3.63) is 26.8 Å². The highest BCUT2D eigenvalue weighted by Crippen LogP contribution is 2.23. The molecule has 0 saturated carbocycles. The van der Waals surface area contributed by atoms with Crippen LogP contribution in [0.4, 0.5) is 5.95 Å². The van der Waals surface area contributed by atoms with Crippen LogP contribution in [0.1, 0.15) is 9.88 Å². The maximum absolute atomic E-state index is 5.26. The van der Waals surface area contributed by atoms with Crippen molar-refractivity contribution in [1.82, 2.24) is 25.2 Å². The van der Waals surface area contributed by atoms with Crippen LogP contribution in [0.15, 0.2) is 21.9 Å². The lowest BCUT2D eigenvalue weighted by Gasteiger charge is -2.36. The van der Waals surface area contributed by atoms with E-state index in [0.29, 0.717) is 11.8 Å². The Morgan fingerprint density at radius 3 is 2.63 bits per heavy atom. The zero-order valence-corrected chi connectivity index (χ0v) is 20.2. The Kier molecular flexibility index (Phi) is 8.48. The normalized spacial score (nSPS) is 14.7. The first-order valence-corrected chi connectivity index (χ1v) is 9.90.